The molecule has 0 bridgehead atoms. The molecule has 7 aromatic carbocycles. The van der Waals surface area contributed by atoms with Crippen LogP contribution in [0.15, 0.2) is 121 Å². The minimum Gasteiger partial charge on any atom is -0.337 e. The van der Waals surface area contributed by atoms with Crippen molar-refractivity contribution >= 4 is 65.2 Å². The fraction of sp³-hybridized carbons (Fsp3) is 0.174. The maximum atomic E-state index is 2.57. The Balaban J connectivity index is 1.42. The van der Waals surface area contributed by atoms with Crippen LogP contribution in [0.2, 0.25) is 0 Å². The first kappa shape index (κ1) is 28.8. The molecule has 0 radical (unpaired) electrons. The number of hydrogen-bond donors (Lipinski definition) is 0. The van der Waals surface area contributed by atoms with Gasteiger partial charge in [-0.25, -0.2) is 0 Å². The molecule has 0 spiro atoms. The van der Waals surface area contributed by atoms with Gasteiger partial charge in [0, 0.05) is 55.1 Å². The molecule has 234 valence electrons. The Morgan fingerprint density at radius 3 is 1.79 bits per heavy atom. The smallest absolute Gasteiger partial charge is 0.0619 e. The molecule has 0 N–H and O–H groups in total. The first-order chi connectivity index (χ1) is 23.3. The van der Waals surface area contributed by atoms with Crippen LogP contribution in [-0.4, -0.2) is 9.13 Å². The summed E-state index contributed by atoms with van der Waals surface area (Å²) in [5.41, 5.74) is 13.0. The fourth-order valence-corrected chi connectivity index (χ4v) is 8.51. The van der Waals surface area contributed by atoms with E-state index in [2.05, 4.69) is 172 Å². The van der Waals surface area contributed by atoms with Crippen molar-refractivity contribution in [1.82, 2.24) is 9.13 Å². The first-order valence-electron chi connectivity index (χ1n) is 17.3. The van der Waals surface area contributed by atoms with Gasteiger partial charge >= 0.3 is 0 Å². The summed E-state index contributed by atoms with van der Waals surface area (Å²) in [7, 11) is 0. The molecule has 0 amide bonds. The molecule has 2 heteroatoms. The third kappa shape index (κ3) is 4.05. The van der Waals surface area contributed by atoms with E-state index in [1.54, 1.807) is 0 Å². The van der Waals surface area contributed by atoms with Gasteiger partial charge in [-0.1, -0.05) is 117 Å². The van der Waals surface area contributed by atoms with Crippen molar-refractivity contribution < 1.29 is 0 Å². The van der Waals surface area contributed by atoms with E-state index in [1.165, 1.54) is 98.7 Å². The van der Waals surface area contributed by atoms with Crippen molar-refractivity contribution in [3.63, 3.8) is 0 Å². The van der Waals surface area contributed by atoms with Crippen molar-refractivity contribution in [2.24, 2.45) is 0 Å². The lowest BCUT2D eigenvalue weighted by atomic mass is 9.94. The number of hydrogen-bond acceptors (Lipinski definition) is 0. The average molecular weight is 621 g/mol. The molecule has 0 saturated carbocycles. The van der Waals surface area contributed by atoms with Crippen LogP contribution in [0.4, 0.5) is 0 Å². The molecule has 9 rings (SSSR count). The van der Waals surface area contributed by atoms with Crippen LogP contribution in [0.25, 0.3) is 82.0 Å². The zero-order valence-corrected chi connectivity index (χ0v) is 28.6. The van der Waals surface area contributed by atoms with E-state index in [0.717, 1.165) is 0 Å². The number of rotatable bonds is 4. The van der Waals surface area contributed by atoms with Crippen LogP contribution < -0.4 is 0 Å². The zero-order valence-electron chi connectivity index (χ0n) is 28.6. The molecule has 0 aliphatic carbocycles. The number of benzene rings is 7. The van der Waals surface area contributed by atoms with Gasteiger partial charge in [0.05, 0.1) is 16.6 Å². The van der Waals surface area contributed by atoms with Crippen LogP contribution in [-0.2, 0) is 0 Å². The summed E-state index contributed by atoms with van der Waals surface area (Å²) in [6, 6.07) is 46.1. The quantitative estimate of drug-likeness (QED) is 0.185. The number of nitrogens with zero attached hydrogens (tertiary/aromatic N) is 2. The molecule has 48 heavy (non-hydrogen) atoms. The SMILES string of the molecule is Cc1cc(-n2c3c(-c4ccc5c(c4)c4ccc6ccccc6c4n5C(C)C)cccc3c3ccc4ccccc4c32)c(C)cc1C(C)C. The number of aryl methyl sites for hydroxylation is 2. The van der Waals surface area contributed by atoms with Crippen LogP contribution in [0.3, 0.4) is 0 Å². The second-order valence-electron chi connectivity index (χ2n) is 14.2. The molecule has 0 unspecified atom stereocenters. The molecular formula is C46H40N2. The molecule has 0 aliphatic rings. The maximum absolute atomic E-state index is 2.57. The summed E-state index contributed by atoms with van der Waals surface area (Å²) < 4.78 is 5.10. The van der Waals surface area contributed by atoms with Gasteiger partial charge in [-0.3, -0.25) is 0 Å². The number of fused-ring (bicyclic) bond motifs is 10. The molecule has 2 nitrogen and oxygen atoms in total. The van der Waals surface area contributed by atoms with E-state index < -0.39 is 0 Å². The van der Waals surface area contributed by atoms with Crippen LogP contribution in [0.1, 0.15) is 56.3 Å². The molecule has 2 heterocycles. The minimum absolute atomic E-state index is 0.334. The number of aromatic nitrogens is 2. The third-order valence-electron chi connectivity index (χ3n) is 10.6. The Labute approximate surface area is 281 Å². The Bertz CT molecular complexity index is 2750. The summed E-state index contributed by atoms with van der Waals surface area (Å²) in [5.74, 6) is 0.476. The number of para-hydroxylation sites is 1. The molecule has 0 saturated heterocycles. The fourth-order valence-electron chi connectivity index (χ4n) is 8.51. The lowest BCUT2D eigenvalue weighted by molar-refractivity contribution is 0.643. The highest BCUT2D eigenvalue weighted by molar-refractivity contribution is 6.22. The first-order valence-corrected chi connectivity index (χ1v) is 17.3. The van der Waals surface area contributed by atoms with Crippen LogP contribution in [0.5, 0.6) is 0 Å². The summed E-state index contributed by atoms with van der Waals surface area (Å²) >= 11 is 0. The van der Waals surface area contributed by atoms with E-state index in [9.17, 15) is 0 Å². The lowest BCUT2D eigenvalue weighted by Gasteiger charge is -2.19. The minimum atomic E-state index is 0.334. The van der Waals surface area contributed by atoms with Crippen LogP contribution in [0, 0.1) is 13.8 Å². The van der Waals surface area contributed by atoms with E-state index in [0.29, 0.717) is 12.0 Å². The Morgan fingerprint density at radius 2 is 1.10 bits per heavy atom. The topological polar surface area (TPSA) is 9.86 Å². The second-order valence-corrected chi connectivity index (χ2v) is 14.2. The monoisotopic (exact) mass is 620 g/mol. The van der Waals surface area contributed by atoms with E-state index >= 15 is 0 Å². The van der Waals surface area contributed by atoms with Gasteiger partial charge in [0.2, 0.25) is 0 Å². The van der Waals surface area contributed by atoms with Crippen molar-refractivity contribution in [2.45, 2.75) is 53.5 Å². The van der Waals surface area contributed by atoms with Crippen molar-refractivity contribution in [3.05, 3.63) is 138 Å². The normalized spacial score (nSPS) is 12.3. The van der Waals surface area contributed by atoms with Crippen molar-refractivity contribution in [3.8, 4) is 16.8 Å². The van der Waals surface area contributed by atoms with Gasteiger partial charge < -0.3 is 9.13 Å². The standard InChI is InChI=1S/C46H40N2/c1-27(2)40-24-30(6)43(25-29(40)5)48-45-35-15-10-8-13-32(35)18-21-38(45)37-17-11-16-36(46(37)48)33-20-23-42-41(26-33)39-22-19-31-12-7-9-14-34(31)44(39)47(42)28(3)4/h7-28H,1-6H3. The molecule has 0 aliphatic heterocycles. The Hall–Kier alpha value is -5.34. The Morgan fingerprint density at radius 1 is 0.479 bits per heavy atom. The molecule has 0 fully saturated rings. The molecule has 2 aromatic heterocycles. The largest absolute Gasteiger partial charge is 0.337 e. The second kappa shape index (κ2) is 10.6. The van der Waals surface area contributed by atoms with Gasteiger partial charge in [0.25, 0.3) is 0 Å². The lowest BCUT2D eigenvalue weighted by Crippen LogP contribution is -2.02. The van der Waals surface area contributed by atoms with E-state index in [1.807, 2.05) is 0 Å². The van der Waals surface area contributed by atoms with Crippen LogP contribution >= 0.6 is 0 Å². The molecule has 9 aromatic rings. The third-order valence-corrected chi connectivity index (χ3v) is 10.6. The summed E-state index contributed by atoms with van der Waals surface area (Å²) in [6.07, 6.45) is 0. The summed E-state index contributed by atoms with van der Waals surface area (Å²) in [5, 5.41) is 10.3. The van der Waals surface area contributed by atoms with Gasteiger partial charge in [-0.05, 0) is 84.8 Å². The van der Waals surface area contributed by atoms with Gasteiger partial charge in [-0.15, -0.1) is 0 Å². The van der Waals surface area contributed by atoms with Gasteiger partial charge in [0.15, 0.2) is 0 Å². The molecule has 0 atom stereocenters. The zero-order chi connectivity index (χ0) is 32.8. The van der Waals surface area contributed by atoms with Gasteiger partial charge in [0.1, 0.15) is 0 Å². The van der Waals surface area contributed by atoms with Crippen molar-refractivity contribution in [1.29, 1.82) is 0 Å². The predicted molar refractivity (Wildman–Crippen MR) is 208 cm³/mol. The molecular weight excluding hydrogens is 581 g/mol. The highest BCUT2D eigenvalue weighted by Crippen LogP contribution is 2.44. The highest BCUT2D eigenvalue weighted by Gasteiger charge is 2.22. The maximum Gasteiger partial charge on any atom is 0.0619 e. The van der Waals surface area contributed by atoms with E-state index in [-0.39, 0.29) is 0 Å². The van der Waals surface area contributed by atoms with E-state index in [4.69, 9.17) is 0 Å². The van der Waals surface area contributed by atoms with Crippen molar-refractivity contribution in [2.75, 3.05) is 0 Å². The summed E-state index contributed by atoms with van der Waals surface area (Å²) in [6.45, 7) is 13.7. The Kier molecular flexibility index (Phi) is 6.36. The average Bonchev–Trinajstić information content (AvgIpc) is 3.62. The predicted octanol–water partition coefficient (Wildman–Crippen LogP) is 13.2. The van der Waals surface area contributed by atoms with Gasteiger partial charge in [-0.2, -0.15) is 0 Å². The summed E-state index contributed by atoms with van der Waals surface area (Å²) in [4.78, 5) is 0. The highest BCUT2D eigenvalue weighted by atomic mass is 15.0.